The molecule has 0 fully saturated rings. The Morgan fingerprint density at radius 2 is 1.13 bits per heavy atom. The van der Waals surface area contributed by atoms with Gasteiger partial charge in [-0.25, -0.2) is 4.98 Å². The second-order valence-electron chi connectivity index (χ2n) is 13.2. The Kier molecular flexibility index (Phi) is 6.83. The lowest BCUT2D eigenvalue weighted by molar-refractivity contribution is 1.03. The van der Waals surface area contributed by atoms with Gasteiger partial charge in [0.1, 0.15) is 5.82 Å². The Morgan fingerprint density at radius 3 is 1.85 bits per heavy atom. The molecule has 0 saturated heterocycles. The average molecular weight is 667 g/mol. The van der Waals surface area contributed by atoms with Crippen LogP contribution >= 0.6 is 0 Å². The van der Waals surface area contributed by atoms with Crippen molar-refractivity contribution in [1.82, 2.24) is 18.7 Å². The van der Waals surface area contributed by atoms with E-state index in [2.05, 4.69) is 197 Å². The topological polar surface area (TPSA) is 27.7 Å². The fraction of sp³-hybridized carbons (Fsp3) is 0.0208. The van der Waals surface area contributed by atoms with Crippen molar-refractivity contribution in [3.8, 4) is 28.5 Å². The third-order valence-electron chi connectivity index (χ3n) is 10.3. The van der Waals surface area contributed by atoms with Crippen molar-refractivity contribution in [2.75, 3.05) is 0 Å². The first-order chi connectivity index (χ1) is 25.7. The van der Waals surface area contributed by atoms with Gasteiger partial charge in [-0.1, -0.05) is 110 Å². The molecule has 0 atom stereocenters. The summed E-state index contributed by atoms with van der Waals surface area (Å²) in [5, 5.41) is 6.04. The lowest BCUT2D eigenvalue weighted by atomic mass is 10.1. The summed E-state index contributed by atoms with van der Waals surface area (Å²) < 4.78 is 7.02. The highest BCUT2D eigenvalue weighted by molar-refractivity contribution is 6.21. The predicted octanol–water partition coefficient (Wildman–Crippen LogP) is 12.6. The number of nitrogens with zero attached hydrogens (tertiary/aromatic N) is 4. The van der Waals surface area contributed by atoms with E-state index in [9.17, 15) is 0 Å². The van der Waals surface area contributed by atoms with Gasteiger partial charge in [-0.3, -0.25) is 4.57 Å². The van der Waals surface area contributed by atoms with Crippen LogP contribution in [0.5, 0.6) is 0 Å². The average Bonchev–Trinajstić information content (AvgIpc) is 3.84. The number of aromatic nitrogens is 4. The zero-order chi connectivity index (χ0) is 34.8. The number of hydrogen-bond donors (Lipinski definition) is 0. The molecule has 4 nitrogen and oxygen atoms in total. The maximum Gasteiger partial charge on any atom is 0.138 e. The molecule has 52 heavy (non-hydrogen) atoms. The van der Waals surface area contributed by atoms with E-state index in [1.54, 1.807) is 0 Å². The highest BCUT2D eigenvalue weighted by Crippen LogP contribution is 2.42. The molecular formula is C48H34N4. The molecule has 0 spiro atoms. The monoisotopic (exact) mass is 666 g/mol. The van der Waals surface area contributed by atoms with Crippen LogP contribution in [0.3, 0.4) is 0 Å². The number of benzene rings is 6. The normalized spacial score (nSPS) is 11.9. The molecular weight excluding hydrogens is 633 g/mol. The molecule has 0 radical (unpaired) electrons. The molecule has 4 aromatic heterocycles. The molecule has 10 rings (SSSR count). The van der Waals surface area contributed by atoms with Gasteiger partial charge in [-0.05, 0) is 79.7 Å². The Balaban J connectivity index is 1.22. The van der Waals surface area contributed by atoms with E-state index in [0.29, 0.717) is 0 Å². The standard InChI is InChI=1S/C48H34N4/c1-3-16-38-41(4-2)52(45-30-28-37-35-21-11-14-25-43(35)51(48(37)47(38)45)34-19-9-6-10-20-34)46-26-15-23-40(49-46)32-27-29-44-39(31-32)36-22-12-13-24-42(36)50(44)33-17-7-5-8-18-33/h3-31H,2H2,1H3/b16-3-. The molecule has 0 bridgehead atoms. The SMILES string of the molecule is C=Cc1c(/C=C\C)c2c(ccc3c4ccccc4n(-c4ccccc4)c32)n1-c1cccc(-c2ccc3c(c2)c2ccccc2n3-c2ccccc2)n1. The first-order valence-corrected chi connectivity index (χ1v) is 17.7. The van der Waals surface area contributed by atoms with E-state index >= 15 is 0 Å². The third kappa shape index (κ3) is 4.38. The number of hydrogen-bond acceptors (Lipinski definition) is 1. The van der Waals surface area contributed by atoms with Gasteiger partial charge in [0.05, 0.1) is 39.0 Å². The van der Waals surface area contributed by atoms with Gasteiger partial charge < -0.3 is 9.13 Å². The minimum absolute atomic E-state index is 0.849. The molecule has 6 aromatic carbocycles. The van der Waals surface area contributed by atoms with E-state index < -0.39 is 0 Å². The fourth-order valence-electron chi connectivity index (χ4n) is 8.20. The first kappa shape index (κ1) is 30.0. The van der Waals surface area contributed by atoms with Crippen molar-refractivity contribution in [2.24, 2.45) is 0 Å². The minimum atomic E-state index is 0.849. The third-order valence-corrected chi connectivity index (χ3v) is 10.3. The zero-order valence-corrected chi connectivity index (χ0v) is 28.7. The van der Waals surface area contributed by atoms with Crippen LogP contribution in [0.25, 0.3) is 95.1 Å². The van der Waals surface area contributed by atoms with Crippen LogP contribution in [0, 0.1) is 0 Å². The van der Waals surface area contributed by atoms with Gasteiger partial charge in [0, 0.05) is 49.4 Å². The van der Waals surface area contributed by atoms with Crippen LogP contribution < -0.4 is 0 Å². The van der Waals surface area contributed by atoms with E-state index in [1.807, 2.05) is 6.08 Å². The van der Waals surface area contributed by atoms with Gasteiger partial charge in [0.25, 0.3) is 0 Å². The van der Waals surface area contributed by atoms with Crippen LogP contribution in [0.2, 0.25) is 0 Å². The van der Waals surface area contributed by atoms with E-state index in [1.165, 1.54) is 49.0 Å². The van der Waals surface area contributed by atoms with Crippen molar-refractivity contribution >= 4 is 66.7 Å². The quantitative estimate of drug-likeness (QED) is 0.174. The number of allylic oxidation sites excluding steroid dienone is 1. The summed E-state index contributed by atoms with van der Waals surface area (Å²) in [5.74, 6) is 0.849. The highest BCUT2D eigenvalue weighted by atomic mass is 15.1. The zero-order valence-electron chi connectivity index (χ0n) is 28.7. The van der Waals surface area contributed by atoms with Crippen molar-refractivity contribution in [3.05, 3.63) is 182 Å². The molecule has 0 N–H and O–H groups in total. The maximum absolute atomic E-state index is 5.38. The second-order valence-corrected chi connectivity index (χ2v) is 13.2. The molecule has 10 aromatic rings. The highest BCUT2D eigenvalue weighted by Gasteiger charge is 2.23. The largest absolute Gasteiger partial charge is 0.309 e. The summed E-state index contributed by atoms with van der Waals surface area (Å²) in [6, 6.07) is 56.1. The van der Waals surface area contributed by atoms with E-state index in [0.717, 1.165) is 45.2 Å². The van der Waals surface area contributed by atoms with Crippen molar-refractivity contribution < 1.29 is 0 Å². The molecule has 4 heteroatoms. The predicted molar refractivity (Wildman–Crippen MR) is 220 cm³/mol. The smallest absolute Gasteiger partial charge is 0.138 e. The van der Waals surface area contributed by atoms with Gasteiger partial charge in [0.2, 0.25) is 0 Å². The second kappa shape index (κ2) is 11.9. The van der Waals surface area contributed by atoms with Crippen molar-refractivity contribution in [1.29, 1.82) is 0 Å². The summed E-state index contributed by atoms with van der Waals surface area (Å²) in [6.07, 6.45) is 6.30. The summed E-state index contributed by atoms with van der Waals surface area (Å²) in [6.45, 7) is 6.41. The Morgan fingerprint density at radius 1 is 0.519 bits per heavy atom. The summed E-state index contributed by atoms with van der Waals surface area (Å²) in [5.41, 5.74) is 12.2. The lowest BCUT2D eigenvalue weighted by Gasteiger charge is -2.11. The molecule has 246 valence electrons. The lowest BCUT2D eigenvalue weighted by Crippen LogP contribution is -2.01. The van der Waals surface area contributed by atoms with Crippen LogP contribution in [0.1, 0.15) is 18.2 Å². The van der Waals surface area contributed by atoms with Crippen molar-refractivity contribution in [3.63, 3.8) is 0 Å². The number of pyridine rings is 1. The van der Waals surface area contributed by atoms with E-state index in [-0.39, 0.29) is 0 Å². The van der Waals surface area contributed by atoms with Gasteiger partial charge >= 0.3 is 0 Å². The Bertz CT molecular complexity index is 3030. The first-order valence-electron chi connectivity index (χ1n) is 17.7. The molecule has 0 aliphatic rings. The minimum Gasteiger partial charge on any atom is -0.309 e. The Hall–Kier alpha value is -6.91. The molecule has 0 unspecified atom stereocenters. The summed E-state index contributed by atoms with van der Waals surface area (Å²) in [4.78, 5) is 5.38. The van der Waals surface area contributed by atoms with E-state index in [4.69, 9.17) is 4.98 Å². The number of fused-ring (bicyclic) bond motifs is 8. The van der Waals surface area contributed by atoms with Crippen LogP contribution in [-0.2, 0) is 0 Å². The summed E-state index contributed by atoms with van der Waals surface area (Å²) in [7, 11) is 0. The maximum atomic E-state index is 5.38. The van der Waals surface area contributed by atoms with Crippen molar-refractivity contribution in [2.45, 2.75) is 6.92 Å². The molecule has 0 saturated carbocycles. The van der Waals surface area contributed by atoms with Crippen LogP contribution in [-0.4, -0.2) is 18.7 Å². The Labute approximate surface area is 301 Å². The molecule has 0 aliphatic carbocycles. The van der Waals surface area contributed by atoms with Crippen LogP contribution in [0.15, 0.2) is 170 Å². The summed E-state index contributed by atoms with van der Waals surface area (Å²) >= 11 is 0. The molecule has 0 amide bonds. The number of rotatable bonds is 6. The van der Waals surface area contributed by atoms with Crippen LogP contribution in [0.4, 0.5) is 0 Å². The van der Waals surface area contributed by atoms with Gasteiger partial charge in [0.15, 0.2) is 0 Å². The molecule has 0 aliphatic heterocycles. The van der Waals surface area contributed by atoms with Gasteiger partial charge in [-0.2, -0.15) is 0 Å². The van der Waals surface area contributed by atoms with Gasteiger partial charge in [-0.15, -0.1) is 0 Å². The number of para-hydroxylation sites is 4. The fourth-order valence-corrected chi connectivity index (χ4v) is 8.20. The molecule has 4 heterocycles.